The van der Waals surface area contributed by atoms with E-state index in [1.165, 1.54) is 0 Å². The molecule has 0 aliphatic rings. The number of carbonyl (C=O) groups is 1. The molecule has 0 saturated heterocycles. The maximum absolute atomic E-state index is 13.1. The lowest BCUT2D eigenvalue weighted by Crippen LogP contribution is -2.62. The van der Waals surface area contributed by atoms with Gasteiger partial charge in [-0.05, 0) is 22.3 Å². The van der Waals surface area contributed by atoms with E-state index in [4.69, 9.17) is 5.73 Å². The summed E-state index contributed by atoms with van der Waals surface area (Å²) in [6.45, 7) is 0. The van der Waals surface area contributed by atoms with Gasteiger partial charge in [-0.25, -0.2) is 4.79 Å². The minimum Gasteiger partial charge on any atom is -0.480 e. The Bertz CT molecular complexity index is 1020. The third-order valence-electron chi connectivity index (χ3n) is 5.78. The first-order valence-corrected chi connectivity index (χ1v) is 9.86. The monoisotopic (exact) mass is 393 g/mol. The second kappa shape index (κ2) is 7.97. The van der Waals surface area contributed by atoms with E-state index in [-0.39, 0.29) is 0 Å². The van der Waals surface area contributed by atoms with Gasteiger partial charge in [0.25, 0.3) is 0 Å². The summed E-state index contributed by atoms with van der Waals surface area (Å²) in [5.74, 6) is -1.09. The molecule has 1 atom stereocenters. The number of benzene rings is 4. The average molecular weight is 393 g/mol. The molecule has 3 N–H and O–H groups in total. The van der Waals surface area contributed by atoms with Crippen molar-refractivity contribution in [3.63, 3.8) is 0 Å². The second-order valence-electron chi connectivity index (χ2n) is 7.33. The molecule has 3 nitrogen and oxygen atoms in total. The number of hydrogen-bond acceptors (Lipinski definition) is 2. The van der Waals surface area contributed by atoms with Crippen LogP contribution >= 0.6 is 0 Å². The average Bonchev–Trinajstić information content (AvgIpc) is 2.82. The molecule has 0 radical (unpaired) electrons. The molecule has 148 valence electrons. The van der Waals surface area contributed by atoms with Gasteiger partial charge in [0.2, 0.25) is 0 Å². The normalized spacial score (nSPS) is 13.4. The van der Waals surface area contributed by atoms with Crippen molar-refractivity contribution in [2.24, 2.45) is 5.73 Å². The quantitative estimate of drug-likeness (QED) is 0.455. The van der Waals surface area contributed by atoms with E-state index in [2.05, 4.69) is 0 Å². The van der Waals surface area contributed by atoms with Crippen LogP contribution in [0, 0.1) is 0 Å². The second-order valence-corrected chi connectivity index (χ2v) is 7.33. The van der Waals surface area contributed by atoms with Gasteiger partial charge in [-0.1, -0.05) is 121 Å². The van der Waals surface area contributed by atoms with Crippen LogP contribution < -0.4 is 5.73 Å². The lowest BCUT2D eigenvalue weighted by atomic mass is 9.56. The molecule has 0 amide bonds. The predicted octanol–water partition coefficient (Wildman–Crippen LogP) is 4.96. The highest BCUT2D eigenvalue weighted by atomic mass is 16.4. The van der Waals surface area contributed by atoms with Crippen molar-refractivity contribution in [1.29, 1.82) is 0 Å². The molecule has 0 saturated carbocycles. The van der Waals surface area contributed by atoms with Gasteiger partial charge in [0.15, 0.2) is 5.54 Å². The zero-order valence-corrected chi connectivity index (χ0v) is 16.5. The summed E-state index contributed by atoms with van der Waals surface area (Å²) >= 11 is 0. The molecule has 3 heteroatoms. The molecule has 4 rings (SSSR count). The minimum absolute atomic E-state index is 0.536. The van der Waals surface area contributed by atoms with Crippen LogP contribution in [0.1, 0.15) is 22.3 Å². The predicted molar refractivity (Wildman–Crippen MR) is 119 cm³/mol. The lowest BCUT2D eigenvalue weighted by molar-refractivity contribution is -0.145. The van der Waals surface area contributed by atoms with E-state index in [0.29, 0.717) is 5.56 Å². The van der Waals surface area contributed by atoms with E-state index in [1.54, 1.807) is 12.1 Å². The van der Waals surface area contributed by atoms with Crippen LogP contribution in [-0.4, -0.2) is 11.1 Å². The van der Waals surface area contributed by atoms with Gasteiger partial charge in [0.05, 0.1) is 5.41 Å². The summed E-state index contributed by atoms with van der Waals surface area (Å²) < 4.78 is 0. The summed E-state index contributed by atoms with van der Waals surface area (Å²) in [4.78, 5) is 13.1. The Hall–Kier alpha value is -3.69. The van der Waals surface area contributed by atoms with Crippen LogP contribution in [0.5, 0.6) is 0 Å². The van der Waals surface area contributed by atoms with Crippen LogP contribution in [-0.2, 0) is 15.7 Å². The van der Waals surface area contributed by atoms with Crippen LogP contribution in [0.4, 0.5) is 0 Å². The van der Waals surface area contributed by atoms with Crippen molar-refractivity contribution in [2.75, 3.05) is 0 Å². The standard InChI is InChI=1S/C27H23NO2/c28-27(25(29)30,24-19-11-4-12-20-24)26(21-13-5-1-6-14-21,22-15-7-2-8-16-22)23-17-9-3-10-18-23/h1-20H,28H2,(H,29,30)/t27-/m1/s1. The number of carboxylic acids is 1. The Balaban J connectivity index is 2.22. The van der Waals surface area contributed by atoms with Crippen LogP contribution in [0.15, 0.2) is 121 Å². The highest BCUT2D eigenvalue weighted by Crippen LogP contribution is 2.51. The molecule has 0 aliphatic carbocycles. The Labute approximate surface area is 176 Å². The summed E-state index contributed by atoms with van der Waals surface area (Å²) in [6.07, 6.45) is 0. The zero-order valence-electron chi connectivity index (χ0n) is 16.5. The highest BCUT2D eigenvalue weighted by Gasteiger charge is 2.58. The fourth-order valence-corrected chi connectivity index (χ4v) is 4.45. The van der Waals surface area contributed by atoms with Gasteiger partial charge in [-0.15, -0.1) is 0 Å². The van der Waals surface area contributed by atoms with Gasteiger partial charge in [0.1, 0.15) is 0 Å². The minimum atomic E-state index is -1.77. The fraction of sp³-hybridized carbons (Fsp3) is 0.0741. The number of aliphatic carboxylic acids is 1. The number of carboxylic acid groups (broad SMARTS) is 1. The molecule has 0 unspecified atom stereocenters. The Morgan fingerprint density at radius 2 is 0.800 bits per heavy atom. The fourth-order valence-electron chi connectivity index (χ4n) is 4.45. The molecular formula is C27H23NO2. The molecule has 0 spiro atoms. The highest BCUT2D eigenvalue weighted by molar-refractivity contribution is 5.86. The molecule has 0 heterocycles. The van der Waals surface area contributed by atoms with E-state index >= 15 is 0 Å². The molecule has 4 aromatic rings. The third kappa shape index (κ3) is 2.92. The van der Waals surface area contributed by atoms with Crippen molar-refractivity contribution >= 4 is 5.97 Å². The van der Waals surface area contributed by atoms with Crippen LogP contribution in [0.25, 0.3) is 0 Å². The lowest BCUT2D eigenvalue weighted by Gasteiger charge is -2.47. The van der Waals surface area contributed by atoms with E-state index in [9.17, 15) is 9.90 Å². The van der Waals surface area contributed by atoms with Crippen LogP contribution in [0.3, 0.4) is 0 Å². The zero-order chi connectivity index (χ0) is 21.0. The maximum Gasteiger partial charge on any atom is 0.330 e. The molecular weight excluding hydrogens is 370 g/mol. The smallest absolute Gasteiger partial charge is 0.330 e. The number of hydrogen-bond donors (Lipinski definition) is 2. The van der Waals surface area contributed by atoms with Crippen molar-refractivity contribution in [1.82, 2.24) is 0 Å². The summed E-state index contributed by atoms with van der Waals surface area (Å²) in [7, 11) is 0. The topological polar surface area (TPSA) is 63.3 Å². The third-order valence-corrected chi connectivity index (χ3v) is 5.78. The first kappa shape index (κ1) is 19.6. The number of rotatable bonds is 6. The molecule has 0 aliphatic heterocycles. The molecule has 0 bridgehead atoms. The molecule has 0 aromatic heterocycles. The number of nitrogens with two attached hydrogens (primary N) is 1. The van der Waals surface area contributed by atoms with Gasteiger partial charge in [0, 0.05) is 0 Å². The largest absolute Gasteiger partial charge is 0.480 e. The first-order valence-electron chi connectivity index (χ1n) is 9.86. The summed E-state index contributed by atoms with van der Waals surface area (Å²) in [6, 6.07) is 38.1. The summed E-state index contributed by atoms with van der Waals surface area (Å²) in [5, 5.41) is 10.7. The Morgan fingerprint density at radius 3 is 1.07 bits per heavy atom. The Morgan fingerprint density at radius 1 is 0.533 bits per heavy atom. The van der Waals surface area contributed by atoms with Gasteiger partial charge >= 0.3 is 5.97 Å². The van der Waals surface area contributed by atoms with Crippen LogP contribution in [0.2, 0.25) is 0 Å². The van der Waals surface area contributed by atoms with Crippen molar-refractivity contribution < 1.29 is 9.90 Å². The van der Waals surface area contributed by atoms with Gasteiger partial charge in [-0.3, -0.25) is 0 Å². The molecule has 0 fully saturated rings. The van der Waals surface area contributed by atoms with Crippen molar-refractivity contribution in [3.05, 3.63) is 144 Å². The maximum atomic E-state index is 13.1. The van der Waals surface area contributed by atoms with E-state index in [1.807, 2.05) is 109 Å². The molecule has 30 heavy (non-hydrogen) atoms. The van der Waals surface area contributed by atoms with E-state index in [0.717, 1.165) is 16.7 Å². The SMILES string of the molecule is N[C@@](C(=O)O)(c1ccccc1)C(c1ccccc1)(c1ccccc1)c1ccccc1. The van der Waals surface area contributed by atoms with Gasteiger partial charge in [-0.2, -0.15) is 0 Å². The van der Waals surface area contributed by atoms with E-state index < -0.39 is 16.9 Å². The van der Waals surface area contributed by atoms with Gasteiger partial charge < -0.3 is 10.8 Å². The Kier molecular flexibility index (Phi) is 5.21. The van der Waals surface area contributed by atoms with Crippen molar-refractivity contribution in [3.8, 4) is 0 Å². The van der Waals surface area contributed by atoms with Crippen molar-refractivity contribution in [2.45, 2.75) is 11.0 Å². The summed E-state index contributed by atoms with van der Waals surface area (Å²) in [5.41, 5.74) is 7.09. The first-order chi connectivity index (χ1) is 14.6. The molecule has 4 aromatic carbocycles.